The van der Waals surface area contributed by atoms with E-state index in [1.165, 1.54) is 12.1 Å². The molecule has 3 rings (SSSR count). The number of carbonyl (C=O) groups excluding carboxylic acids is 1. The van der Waals surface area contributed by atoms with Crippen LogP contribution < -0.4 is 10.2 Å². The average molecular weight is 393 g/mol. The molecule has 1 amide bonds. The van der Waals surface area contributed by atoms with E-state index in [1.54, 1.807) is 41.5 Å². The van der Waals surface area contributed by atoms with Crippen molar-refractivity contribution in [3.05, 3.63) is 54.6 Å². The fraction of sp³-hybridized carbons (Fsp3) is 0.278. The lowest BCUT2D eigenvalue weighted by molar-refractivity contribution is -0.132. The number of nitrogens with one attached hydrogen (secondary N) is 1. The Morgan fingerprint density at radius 2 is 1.58 bits per heavy atom. The first-order valence-corrected chi connectivity index (χ1v) is 10.7. The zero-order chi connectivity index (χ0) is 18.6. The van der Waals surface area contributed by atoms with Crippen molar-refractivity contribution in [2.45, 2.75) is 22.5 Å². The third-order valence-corrected chi connectivity index (χ3v) is 7.94. The van der Waals surface area contributed by atoms with Crippen molar-refractivity contribution in [1.82, 2.24) is 5.48 Å². The van der Waals surface area contributed by atoms with Crippen molar-refractivity contribution in [1.29, 1.82) is 0 Å². The van der Waals surface area contributed by atoms with E-state index in [2.05, 4.69) is 0 Å². The Hall–Kier alpha value is -2.03. The minimum Gasteiger partial charge on any atom is -0.457 e. The molecule has 2 aromatic carbocycles. The summed E-state index contributed by atoms with van der Waals surface area (Å²) >= 11 is 1.59. The lowest BCUT2D eigenvalue weighted by Crippen LogP contribution is -2.53. The summed E-state index contributed by atoms with van der Waals surface area (Å²) in [5.41, 5.74) is 1.54. The maximum Gasteiger partial charge on any atom is 0.265 e. The van der Waals surface area contributed by atoms with Crippen molar-refractivity contribution in [3.63, 3.8) is 0 Å². The number of sulfone groups is 1. The predicted molar refractivity (Wildman–Crippen MR) is 99.4 cm³/mol. The minimum absolute atomic E-state index is 0.0356. The van der Waals surface area contributed by atoms with Gasteiger partial charge in [-0.3, -0.25) is 10.0 Å². The van der Waals surface area contributed by atoms with E-state index >= 15 is 0 Å². The van der Waals surface area contributed by atoms with Gasteiger partial charge in [0.05, 0.1) is 4.90 Å². The summed E-state index contributed by atoms with van der Waals surface area (Å²) in [4.78, 5) is 12.3. The highest BCUT2D eigenvalue weighted by molar-refractivity contribution is 7.99. The van der Waals surface area contributed by atoms with Crippen molar-refractivity contribution < 1.29 is 23.2 Å². The van der Waals surface area contributed by atoms with E-state index in [-0.39, 0.29) is 17.7 Å². The van der Waals surface area contributed by atoms with E-state index in [0.717, 1.165) is 0 Å². The van der Waals surface area contributed by atoms with Crippen LogP contribution in [0.5, 0.6) is 11.5 Å². The minimum atomic E-state index is -3.97. The van der Waals surface area contributed by atoms with Gasteiger partial charge in [-0.25, -0.2) is 13.9 Å². The molecule has 0 unspecified atom stereocenters. The van der Waals surface area contributed by atoms with Gasteiger partial charge < -0.3 is 4.74 Å². The molecule has 2 aromatic rings. The molecule has 1 aliphatic heterocycles. The second-order valence-electron chi connectivity index (χ2n) is 5.94. The van der Waals surface area contributed by atoms with Gasteiger partial charge in [0.2, 0.25) is 0 Å². The van der Waals surface area contributed by atoms with Crippen molar-refractivity contribution in [2.75, 3.05) is 11.5 Å². The number of rotatable bonds is 5. The summed E-state index contributed by atoms with van der Waals surface area (Å²) in [6, 6.07) is 15.1. The molecular formula is C18H19NO5S2. The number of hydroxylamine groups is 1. The lowest BCUT2D eigenvalue weighted by atomic mass is 10.0. The topological polar surface area (TPSA) is 92.7 Å². The molecule has 26 heavy (non-hydrogen) atoms. The van der Waals surface area contributed by atoms with Crippen molar-refractivity contribution >= 4 is 27.5 Å². The molecule has 1 fully saturated rings. The highest BCUT2D eigenvalue weighted by atomic mass is 32.2. The number of carbonyl (C=O) groups is 1. The highest BCUT2D eigenvalue weighted by Crippen LogP contribution is 2.38. The number of hydrogen-bond donors (Lipinski definition) is 2. The number of benzene rings is 2. The molecule has 6 nitrogen and oxygen atoms in total. The summed E-state index contributed by atoms with van der Waals surface area (Å²) < 4.78 is 30.3. The zero-order valence-corrected chi connectivity index (χ0v) is 15.6. The van der Waals surface area contributed by atoms with Crippen LogP contribution in [0.25, 0.3) is 0 Å². The first-order valence-electron chi connectivity index (χ1n) is 8.09. The number of hydrogen-bond acceptors (Lipinski definition) is 6. The smallest absolute Gasteiger partial charge is 0.265 e. The van der Waals surface area contributed by atoms with Gasteiger partial charge in [-0.1, -0.05) is 18.2 Å². The number of ether oxygens (including phenoxy) is 1. The van der Waals surface area contributed by atoms with Gasteiger partial charge in [0.25, 0.3) is 5.91 Å². The van der Waals surface area contributed by atoms with Crippen LogP contribution in [0.15, 0.2) is 59.5 Å². The van der Waals surface area contributed by atoms with Crippen LogP contribution in [0, 0.1) is 0 Å². The molecule has 1 saturated heterocycles. The predicted octanol–water partition coefficient (Wildman–Crippen LogP) is 3.02. The molecule has 8 heteroatoms. The van der Waals surface area contributed by atoms with Gasteiger partial charge in [-0.05, 0) is 60.7 Å². The summed E-state index contributed by atoms with van der Waals surface area (Å²) in [5, 5.41) is 9.08. The average Bonchev–Trinajstić information content (AvgIpc) is 2.69. The van der Waals surface area contributed by atoms with Crippen LogP contribution in [-0.2, 0) is 14.6 Å². The maximum atomic E-state index is 13.2. The second kappa shape index (κ2) is 7.69. The van der Waals surface area contributed by atoms with Crippen LogP contribution in [-0.4, -0.2) is 35.8 Å². The molecule has 0 aromatic heterocycles. The number of amides is 1. The largest absolute Gasteiger partial charge is 0.457 e. The molecule has 0 aliphatic carbocycles. The quantitative estimate of drug-likeness (QED) is 0.599. The Morgan fingerprint density at radius 3 is 2.15 bits per heavy atom. The Balaban J connectivity index is 1.90. The maximum absolute atomic E-state index is 13.2. The molecule has 0 radical (unpaired) electrons. The highest BCUT2D eigenvalue weighted by Gasteiger charge is 2.51. The van der Waals surface area contributed by atoms with E-state index in [4.69, 9.17) is 9.94 Å². The van der Waals surface area contributed by atoms with Gasteiger partial charge in [-0.2, -0.15) is 11.8 Å². The Bertz CT molecular complexity index is 860. The summed E-state index contributed by atoms with van der Waals surface area (Å²) in [6.07, 6.45) is 0.323. The van der Waals surface area contributed by atoms with Gasteiger partial charge in [-0.15, -0.1) is 0 Å². The third-order valence-electron chi connectivity index (χ3n) is 4.44. The Kier molecular flexibility index (Phi) is 5.55. The van der Waals surface area contributed by atoms with Crippen LogP contribution in [0.2, 0.25) is 0 Å². The van der Waals surface area contributed by atoms with Crippen molar-refractivity contribution in [2.24, 2.45) is 0 Å². The Labute approximate surface area is 156 Å². The SMILES string of the molecule is O=C(NO)C1(S(=O)(=O)c2ccc(Oc3ccccc3)cc2)CCSCC1. The molecule has 1 aliphatic rings. The van der Waals surface area contributed by atoms with Crippen molar-refractivity contribution in [3.8, 4) is 11.5 Å². The fourth-order valence-electron chi connectivity index (χ4n) is 2.96. The molecule has 1 heterocycles. The van der Waals surface area contributed by atoms with Crippen LogP contribution in [0.3, 0.4) is 0 Å². The van der Waals surface area contributed by atoms with Gasteiger partial charge >= 0.3 is 0 Å². The summed E-state index contributed by atoms with van der Waals surface area (Å²) in [6.45, 7) is 0. The second-order valence-corrected chi connectivity index (χ2v) is 9.42. The van der Waals surface area contributed by atoms with E-state index in [1.807, 2.05) is 18.2 Å². The van der Waals surface area contributed by atoms with Gasteiger partial charge in [0.15, 0.2) is 14.6 Å². The molecular weight excluding hydrogens is 374 g/mol. The molecule has 2 N–H and O–H groups in total. The molecule has 0 spiro atoms. The standard InChI is InChI=1S/C18H19NO5S2/c20-17(19-21)18(10-12-25-13-11-18)26(22,23)16-8-6-15(7-9-16)24-14-4-2-1-3-5-14/h1-9,21H,10-13H2,(H,19,20). The first-order chi connectivity index (χ1) is 12.5. The fourth-order valence-corrected chi connectivity index (χ4v) is 6.38. The molecule has 0 atom stereocenters. The molecule has 0 saturated carbocycles. The molecule has 0 bridgehead atoms. The monoisotopic (exact) mass is 393 g/mol. The van der Waals surface area contributed by atoms with Crippen LogP contribution in [0.1, 0.15) is 12.8 Å². The summed E-state index contributed by atoms with van der Waals surface area (Å²) in [7, 11) is -3.97. The third kappa shape index (κ3) is 3.44. The van der Waals surface area contributed by atoms with E-state index in [9.17, 15) is 13.2 Å². The van der Waals surface area contributed by atoms with Crippen LogP contribution >= 0.6 is 11.8 Å². The van der Waals surface area contributed by atoms with Crippen LogP contribution in [0.4, 0.5) is 0 Å². The van der Waals surface area contributed by atoms with E-state index < -0.39 is 20.5 Å². The molecule has 138 valence electrons. The zero-order valence-electron chi connectivity index (χ0n) is 13.9. The normalized spacial score (nSPS) is 16.7. The number of para-hydroxylation sites is 1. The van der Waals surface area contributed by atoms with Gasteiger partial charge in [0.1, 0.15) is 11.5 Å². The number of thioether (sulfide) groups is 1. The summed E-state index contributed by atoms with van der Waals surface area (Å²) in [5.74, 6) is 1.35. The lowest BCUT2D eigenvalue weighted by Gasteiger charge is -2.34. The van der Waals surface area contributed by atoms with E-state index in [0.29, 0.717) is 23.0 Å². The first kappa shape index (κ1) is 18.8. The van der Waals surface area contributed by atoms with Gasteiger partial charge in [0, 0.05) is 0 Å². The Morgan fingerprint density at radius 1 is 1.00 bits per heavy atom.